The Hall–Kier alpha value is -1.59. The van der Waals surface area contributed by atoms with Crippen molar-refractivity contribution in [2.45, 2.75) is 32.6 Å². The normalized spacial score (nSPS) is 18.1. The van der Waals surface area contributed by atoms with E-state index in [2.05, 4.69) is 25.1 Å². The Labute approximate surface area is 118 Å². The first-order valence-corrected chi connectivity index (χ1v) is 7.01. The Balaban J connectivity index is 2.13. The fraction of sp³-hybridized carbons (Fsp3) is 0.375. The SMILES string of the molecule is Cc1ccc2c(Cl)c3c(nc2c1)CCC(CC#N)C3. The van der Waals surface area contributed by atoms with E-state index in [0.29, 0.717) is 12.3 Å². The van der Waals surface area contributed by atoms with Gasteiger partial charge in [-0.15, -0.1) is 0 Å². The summed E-state index contributed by atoms with van der Waals surface area (Å²) in [6.45, 7) is 2.07. The maximum Gasteiger partial charge on any atom is 0.0723 e. The van der Waals surface area contributed by atoms with Crippen molar-refractivity contribution in [2.75, 3.05) is 0 Å². The molecule has 1 aromatic carbocycles. The summed E-state index contributed by atoms with van der Waals surface area (Å²) < 4.78 is 0. The molecular weight excluding hydrogens is 256 g/mol. The molecule has 0 radical (unpaired) electrons. The summed E-state index contributed by atoms with van der Waals surface area (Å²) in [5.74, 6) is 0.430. The van der Waals surface area contributed by atoms with Crippen LogP contribution in [0, 0.1) is 24.2 Å². The summed E-state index contributed by atoms with van der Waals surface area (Å²) in [6.07, 6.45) is 3.48. The van der Waals surface area contributed by atoms with Gasteiger partial charge in [-0.05, 0) is 49.3 Å². The smallest absolute Gasteiger partial charge is 0.0723 e. The fourth-order valence-electron chi connectivity index (χ4n) is 2.87. The molecule has 0 amide bonds. The zero-order valence-electron chi connectivity index (χ0n) is 10.9. The molecule has 2 aromatic rings. The number of aromatic nitrogens is 1. The van der Waals surface area contributed by atoms with Gasteiger partial charge in [-0.1, -0.05) is 23.7 Å². The van der Waals surface area contributed by atoms with Crippen LogP contribution in [-0.4, -0.2) is 4.98 Å². The van der Waals surface area contributed by atoms with Crippen molar-refractivity contribution in [2.24, 2.45) is 5.92 Å². The highest BCUT2D eigenvalue weighted by atomic mass is 35.5. The molecular formula is C16H15ClN2. The molecule has 0 bridgehead atoms. The first kappa shape index (κ1) is 12.4. The van der Waals surface area contributed by atoms with E-state index in [-0.39, 0.29) is 0 Å². The van der Waals surface area contributed by atoms with Gasteiger partial charge in [0.15, 0.2) is 0 Å². The predicted molar refractivity (Wildman–Crippen MR) is 77.2 cm³/mol. The summed E-state index contributed by atoms with van der Waals surface area (Å²) in [5.41, 5.74) is 4.47. The molecule has 3 rings (SSSR count). The van der Waals surface area contributed by atoms with Crippen molar-refractivity contribution < 1.29 is 0 Å². The third-order valence-corrected chi connectivity index (χ3v) is 4.35. The molecule has 1 aromatic heterocycles. The lowest BCUT2D eigenvalue weighted by molar-refractivity contribution is 0.463. The molecule has 1 atom stereocenters. The molecule has 1 heterocycles. The molecule has 0 aliphatic heterocycles. The third-order valence-electron chi connectivity index (χ3n) is 3.92. The van der Waals surface area contributed by atoms with Crippen molar-refractivity contribution in [3.05, 3.63) is 40.0 Å². The van der Waals surface area contributed by atoms with Crippen molar-refractivity contribution in [1.29, 1.82) is 5.26 Å². The Morgan fingerprint density at radius 1 is 1.47 bits per heavy atom. The van der Waals surface area contributed by atoms with E-state index in [1.54, 1.807) is 0 Å². The van der Waals surface area contributed by atoms with Crippen LogP contribution >= 0.6 is 11.6 Å². The Kier molecular flexibility index (Phi) is 3.16. The van der Waals surface area contributed by atoms with Gasteiger partial charge in [-0.25, -0.2) is 0 Å². The van der Waals surface area contributed by atoms with Crippen LogP contribution < -0.4 is 0 Å². The van der Waals surface area contributed by atoms with E-state index in [1.807, 2.05) is 6.07 Å². The molecule has 1 aliphatic rings. The monoisotopic (exact) mass is 270 g/mol. The molecule has 0 spiro atoms. The number of pyridine rings is 1. The van der Waals surface area contributed by atoms with Crippen LogP contribution in [0.5, 0.6) is 0 Å². The maximum absolute atomic E-state index is 8.84. The van der Waals surface area contributed by atoms with Crippen molar-refractivity contribution >= 4 is 22.5 Å². The molecule has 1 unspecified atom stereocenters. The number of halogens is 1. The van der Waals surface area contributed by atoms with Gasteiger partial charge < -0.3 is 0 Å². The zero-order chi connectivity index (χ0) is 13.4. The second kappa shape index (κ2) is 4.83. The number of nitrogens with zero attached hydrogens (tertiary/aromatic N) is 2. The molecule has 0 fully saturated rings. The molecule has 19 heavy (non-hydrogen) atoms. The van der Waals surface area contributed by atoms with E-state index >= 15 is 0 Å². The maximum atomic E-state index is 8.84. The van der Waals surface area contributed by atoms with Crippen LogP contribution in [-0.2, 0) is 12.8 Å². The van der Waals surface area contributed by atoms with E-state index in [1.165, 1.54) is 5.56 Å². The number of hydrogen-bond acceptors (Lipinski definition) is 2. The van der Waals surface area contributed by atoms with Gasteiger partial charge in [0.2, 0.25) is 0 Å². The standard InChI is InChI=1S/C16H15ClN2/c1-10-2-4-12-15(8-10)19-14-5-3-11(6-7-18)9-13(14)16(12)17/h2,4,8,11H,3,5-6,9H2,1H3. The largest absolute Gasteiger partial charge is 0.252 e. The minimum Gasteiger partial charge on any atom is -0.252 e. The lowest BCUT2D eigenvalue weighted by Gasteiger charge is -2.23. The second-order valence-corrected chi connectivity index (χ2v) is 5.72. The highest BCUT2D eigenvalue weighted by molar-refractivity contribution is 6.36. The molecule has 3 heteroatoms. The number of hydrogen-bond donors (Lipinski definition) is 0. The quantitative estimate of drug-likeness (QED) is 0.778. The lowest BCUT2D eigenvalue weighted by Crippen LogP contribution is -2.16. The summed E-state index contributed by atoms with van der Waals surface area (Å²) in [4.78, 5) is 4.76. The highest BCUT2D eigenvalue weighted by Crippen LogP contribution is 2.35. The van der Waals surface area contributed by atoms with Crippen LogP contribution in [0.4, 0.5) is 0 Å². The van der Waals surface area contributed by atoms with Crippen molar-refractivity contribution in [3.63, 3.8) is 0 Å². The minimum atomic E-state index is 0.430. The predicted octanol–water partition coefficient (Wildman–Crippen LogP) is 4.22. The molecule has 0 saturated heterocycles. The van der Waals surface area contributed by atoms with Crippen molar-refractivity contribution in [1.82, 2.24) is 4.98 Å². The topological polar surface area (TPSA) is 36.7 Å². The van der Waals surface area contributed by atoms with E-state index < -0.39 is 0 Å². The number of rotatable bonds is 1. The molecule has 2 nitrogen and oxygen atoms in total. The van der Waals surface area contributed by atoms with Gasteiger partial charge in [-0.2, -0.15) is 5.26 Å². The fourth-order valence-corrected chi connectivity index (χ4v) is 3.22. The van der Waals surface area contributed by atoms with E-state index in [0.717, 1.165) is 46.4 Å². The Bertz CT molecular complexity index is 685. The first-order valence-electron chi connectivity index (χ1n) is 6.63. The van der Waals surface area contributed by atoms with Gasteiger partial charge in [0.25, 0.3) is 0 Å². The minimum absolute atomic E-state index is 0.430. The highest BCUT2D eigenvalue weighted by Gasteiger charge is 2.23. The lowest BCUT2D eigenvalue weighted by atomic mass is 9.84. The van der Waals surface area contributed by atoms with Gasteiger partial charge in [0.1, 0.15) is 0 Å². The summed E-state index contributed by atoms with van der Waals surface area (Å²) >= 11 is 6.55. The summed E-state index contributed by atoms with van der Waals surface area (Å²) in [7, 11) is 0. The first-order chi connectivity index (χ1) is 9.19. The Morgan fingerprint density at radius 3 is 3.11 bits per heavy atom. The van der Waals surface area contributed by atoms with Crippen LogP contribution in [0.25, 0.3) is 10.9 Å². The summed E-state index contributed by atoms with van der Waals surface area (Å²) in [5, 5.41) is 10.7. The van der Waals surface area contributed by atoms with Gasteiger partial charge in [-0.3, -0.25) is 4.98 Å². The molecule has 1 aliphatic carbocycles. The van der Waals surface area contributed by atoms with Gasteiger partial charge in [0.05, 0.1) is 16.6 Å². The van der Waals surface area contributed by atoms with Crippen molar-refractivity contribution in [3.8, 4) is 6.07 Å². The number of aryl methyl sites for hydroxylation is 2. The molecule has 0 N–H and O–H groups in total. The van der Waals surface area contributed by atoms with E-state index in [4.69, 9.17) is 21.8 Å². The van der Waals surface area contributed by atoms with E-state index in [9.17, 15) is 0 Å². The van der Waals surface area contributed by atoms with Crippen LogP contribution in [0.2, 0.25) is 5.02 Å². The van der Waals surface area contributed by atoms with Gasteiger partial charge >= 0.3 is 0 Å². The zero-order valence-corrected chi connectivity index (χ0v) is 11.7. The Morgan fingerprint density at radius 2 is 2.32 bits per heavy atom. The third kappa shape index (κ3) is 2.19. The average Bonchev–Trinajstić information content (AvgIpc) is 2.40. The van der Waals surface area contributed by atoms with Crippen LogP contribution in [0.15, 0.2) is 18.2 Å². The average molecular weight is 271 g/mol. The number of nitriles is 1. The van der Waals surface area contributed by atoms with Gasteiger partial charge in [0, 0.05) is 17.5 Å². The molecule has 0 saturated carbocycles. The number of fused-ring (bicyclic) bond motifs is 2. The summed E-state index contributed by atoms with van der Waals surface area (Å²) in [6, 6.07) is 8.47. The second-order valence-electron chi connectivity index (χ2n) is 5.34. The van der Waals surface area contributed by atoms with Crippen LogP contribution in [0.1, 0.15) is 29.7 Å². The number of benzene rings is 1. The molecule has 96 valence electrons. The van der Waals surface area contributed by atoms with Crippen LogP contribution in [0.3, 0.4) is 0 Å².